The summed E-state index contributed by atoms with van der Waals surface area (Å²) in [5, 5.41) is 0. The van der Waals surface area contributed by atoms with E-state index in [1.54, 1.807) is 31.2 Å². The number of halogens is 1. The van der Waals surface area contributed by atoms with E-state index in [0.717, 1.165) is 6.42 Å². The van der Waals surface area contributed by atoms with Gasteiger partial charge in [0.25, 0.3) is 5.91 Å². The van der Waals surface area contributed by atoms with E-state index in [0.29, 0.717) is 24.0 Å². The number of nitrogens with two attached hydrogens (primary N) is 1. The standard InChI is InChI=1S/C16H26N2O3.ClH/c1-12(2)15(17)8-9-18(3)16(19)11-21-14-7-5-6-13(10-14)20-4;/h5-7,10,12,15H,8-9,11,17H2,1-4H3;1H. The van der Waals surface area contributed by atoms with Crippen molar-refractivity contribution in [1.29, 1.82) is 0 Å². The third-order valence-electron chi connectivity index (χ3n) is 3.48. The minimum atomic E-state index is -0.0613. The summed E-state index contributed by atoms with van der Waals surface area (Å²) < 4.78 is 10.6. The molecular formula is C16H27ClN2O3. The summed E-state index contributed by atoms with van der Waals surface area (Å²) in [7, 11) is 3.36. The van der Waals surface area contributed by atoms with Crippen molar-refractivity contribution in [2.45, 2.75) is 26.3 Å². The molecular weight excluding hydrogens is 304 g/mol. The molecule has 1 atom stereocenters. The molecule has 2 N–H and O–H groups in total. The molecule has 0 aliphatic rings. The molecule has 5 nitrogen and oxygen atoms in total. The number of nitrogens with zero attached hydrogens (tertiary/aromatic N) is 1. The van der Waals surface area contributed by atoms with E-state index in [1.807, 2.05) is 12.1 Å². The number of hydrogen-bond donors (Lipinski definition) is 1. The fourth-order valence-corrected chi connectivity index (χ4v) is 1.75. The fourth-order valence-electron chi connectivity index (χ4n) is 1.75. The molecule has 22 heavy (non-hydrogen) atoms. The highest BCUT2D eigenvalue weighted by molar-refractivity contribution is 5.85. The van der Waals surface area contributed by atoms with E-state index in [2.05, 4.69) is 13.8 Å². The Morgan fingerprint density at radius 3 is 2.55 bits per heavy atom. The lowest BCUT2D eigenvalue weighted by Crippen LogP contribution is -2.36. The van der Waals surface area contributed by atoms with Crippen LogP contribution >= 0.6 is 12.4 Å². The number of rotatable bonds is 8. The molecule has 1 amide bonds. The molecule has 1 aromatic rings. The molecule has 1 rings (SSSR count). The van der Waals surface area contributed by atoms with Crippen LogP contribution < -0.4 is 15.2 Å². The van der Waals surface area contributed by atoms with E-state index in [-0.39, 0.29) is 31.0 Å². The zero-order chi connectivity index (χ0) is 15.8. The first kappa shape index (κ1) is 20.5. The SMILES string of the molecule is COc1cccc(OCC(=O)N(C)CCC(N)C(C)C)c1.Cl. The van der Waals surface area contributed by atoms with E-state index in [1.165, 1.54) is 0 Å². The van der Waals surface area contributed by atoms with E-state index < -0.39 is 0 Å². The second kappa shape index (κ2) is 10.3. The van der Waals surface area contributed by atoms with Crippen molar-refractivity contribution in [3.63, 3.8) is 0 Å². The Morgan fingerprint density at radius 1 is 1.32 bits per heavy atom. The number of carbonyl (C=O) groups is 1. The second-order valence-electron chi connectivity index (χ2n) is 5.48. The van der Waals surface area contributed by atoms with Gasteiger partial charge in [0.05, 0.1) is 7.11 Å². The minimum absolute atomic E-state index is 0. The zero-order valence-corrected chi connectivity index (χ0v) is 14.6. The topological polar surface area (TPSA) is 64.8 Å². The molecule has 0 saturated carbocycles. The molecule has 1 aromatic carbocycles. The van der Waals surface area contributed by atoms with Gasteiger partial charge >= 0.3 is 0 Å². The van der Waals surface area contributed by atoms with Crippen LogP contribution in [0.15, 0.2) is 24.3 Å². The minimum Gasteiger partial charge on any atom is -0.497 e. The first-order valence-corrected chi connectivity index (χ1v) is 7.20. The second-order valence-corrected chi connectivity index (χ2v) is 5.48. The number of carbonyl (C=O) groups excluding carboxylic acids is 1. The Hall–Kier alpha value is -1.46. The van der Waals surface area contributed by atoms with E-state index >= 15 is 0 Å². The summed E-state index contributed by atoms with van der Waals surface area (Å²) in [6.45, 7) is 4.82. The molecule has 6 heteroatoms. The predicted octanol–water partition coefficient (Wildman–Crippen LogP) is 2.33. The van der Waals surface area contributed by atoms with Gasteiger partial charge in [-0.05, 0) is 24.5 Å². The van der Waals surface area contributed by atoms with Crippen LogP contribution in [0.5, 0.6) is 11.5 Å². The average Bonchev–Trinajstić information content (AvgIpc) is 2.49. The van der Waals surface area contributed by atoms with Crippen LogP contribution in [-0.4, -0.2) is 44.2 Å². The van der Waals surface area contributed by atoms with Gasteiger partial charge in [-0.3, -0.25) is 4.79 Å². The summed E-state index contributed by atoms with van der Waals surface area (Å²) in [5.74, 6) is 1.68. The van der Waals surface area contributed by atoms with Crippen LogP contribution in [0.4, 0.5) is 0 Å². The highest BCUT2D eigenvalue weighted by Gasteiger charge is 2.13. The van der Waals surface area contributed by atoms with Gasteiger partial charge < -0.3 is 20.1 Å². The molecule has 0 aromatic heterocycles. The summed E-state index contributed by atoms with van der Waals surface area (Å²) in [5.41, 5.74) is 5.98. The first-order chi connectivity index (χ1) is 9.93. The maximum absolute atomic E-state index is 12.0. The van der Waals surface area contributed by atoms with Crippen molar-refractivity contribution in [2.24, 2.45) is 11.7 Å². The molecule has 0 aliphatic heterocycles. The van der Waals surface area contributed by atoms with Crippen molar-refractivity contribution < 1.29 is 14.3 Å². The molecule has 0 heterocycles. The smallest absolute Gasteiger partial charge is 0.260 e. The maximum atomic E-state index is 12.0. The van der Waals surface area contributed by atoms with Crippen LogP contribution in [0.2, 0.25) is 0 Å². The normalized spacial score (nSPS) is 11.5. The molecule has 126 valence electrons. The largest absolute Gasteiger partial charge is 0.497 e. The highest BCUT2D eigenvalue weighted by Crippen LogP contribution is 2.18. The molecule has 0 spiro atoms. The molecule has 0 bridgehead atoms. The monoisotopic (exact) mass is 330 g/mol. The Labute approximate surface area is 139 Å². The zero-order valence-electron chi connectivity index (χ0n) is 13.7. The lowest BCUT2D eigenvalue weighted by molar-refractivity contribution is -0.132. The molecule has 0 fully saturated rings. The molecule has 0 radical (unpaired) electrons. The highest BCUT2D eigenvalue weighted by atomic mass is 35.5. The molecule has 1 unspecified atom stereocenters. The maximum Gasteiger partial charge on any atom is 0.260 e. The summed E-state index contributed by atoms with van der Waals surface area (Å²) in [4.78, 5) is 13.6. The van der Waals surface area contributed by atoms with E-state index in [9.17, 15) is 4.79 Å². The average molecular weight is 331 g/mol. The van der Waals surface area contributed by atoms with Crippen LogP contribution in [0.3, 0.4) is 0 Å². The quantitative estimate of drug-likeness (QED) is 0.794. The van der Waals surface area contributed by atoms with Gasteiger partial charge in [0.1, 0.15) is 11.5 Å². The number of likely N-dealkylation sites (N-methyl/N-ethyl adjacent to an activating group) is 1. The van der Waals surface area contributed by atoms with Crippen molar-refractivity contribution in [3.05, 3.63) is 24.3 Å². The van der Waals surface area contributed by atoms with Crippen LogP contribution in [0.25, 0.3) is 0 Å². The van der Waals surface area contributed by atoms with Gasteiger partial charge in [-0.25, -0.2) is 0 Å². The third-order valence-corrected chi connectivity index (χ3v) is 3.48. The lowest BCUT2D eigenvalue weighted by Gasteiger charge is -2.21. The summed E-state index contributed by atoms with van der Waals surface area (Å²) in [6.07, 6.45) is 0.791. The van der Waals surface area contributed by atoms with Crippen molar-refractivity contribution in [3.8, 4) is 11.5 Å². The number of ether oxygens (including phenoxy) is 2. The number of amides is 1. The van der Waals surface area contributed by atoms with Gasteiger partial charge in [-0.2, -0.15) is 0 Å². The van der Waals surface area contributed by atoms with Gasteiger partial charge in [0.2, 0.25) is 0 Å². The number of benzene rings is 1. The predicted molar refractivity (Wildman–Crippen MR) is 90.8 cm³/mol. The number of hydrogen-bond acceptors (Lipinski definition) is 4. The Morgan fingerprint density at radius 2 is 1.95 bits per heavy atom. The van der Waals surface area contributed by atoms with E-state index in [4.69, 9.17) is 15.2 Å². The molecule has 0 aliphatic carbocycles. The summed E-state index contributed by atoms with van der Waals surface area (Å²) in [6, 6.07) is 7.31. The van der Waals surface area contributed by atoms with Gasteiger partial charge in [-0.15, -0.1) is 12.4 Å². The summed E-state index contributed by atoms with van der Waals surface area (Å²) >= 11 is 0. The first-order valence-electron chi connectivity index (χ1n) is 7.20. The van der Waals surface area contributed by atoms with Crippen LogP contribution in [0.1, 0.15) is 20.3 Å². The number of methoxy groups -OCH3 is 1. The Balaban J connectivity index is 0.00000441. The fraction of sp³-hybridized carbons (Fsp3) is 0.562. The van der Waals surface area contributed by atoms with Crippen LogP contribution in [0, 0.1) is 5.92 Å². The van der Waals surface area contributed by atoms with Crippen molar-refractivity contribution in [2.75, 3.05) is 27.3 Å². The lowest BCUT2D eigenvalue weighted by atomic mass is 10.0. The van der Waals surface area contributed by atoms with Gasteiger partial charge in [0.15, 0.2) is 6.61 Å². The van der Waals surface area contributed by atoms with Gasteiger partial charge in [-0.1, -0.05) is 19.9 Å². The third kappa shape index (κ3) is 7.00. The van der Waals surface area contributed by atoms with Gasteiger partial charge in [0, 0.05) is 25.7 Å². The Kier molecular flexibility index (Phi) is 9.61. The Bertz CT molecular complexity index is 455. The van der Waals surface area contributed by atoms with Crippen LogP contribution in [-0.2, 0) is 4.79 Å². The van der Waals surface area contributed by atoms with Crippen molar-refractivity contribution in [1.82, 2.24) is 4.90 Å². The molecule has 0 saturated heterocycles. The van der Waals surface area contributed by atoms with Crippen molar-refractivity contribution >= 4 is 18.3 Å².